The molecule has 0 radical (unpaired) electrons. The van der Waals surface area contributed by atoms with Gasteiger partial charge in [0.25, 0.3) is 0 Å². The minimum Gasteiger partial charge on any atom is -0.354 e. The van der Waals surface area contributed by atoms with Crippen molar-refractivity contribution in [3.63, 3.8) is 0 Å². The van der Waals surface area contributed by atoms with Crippen molar-refractivity contribution in [1.29, 1.82) is 0 Å². The van der Waals surface area contributed by atoms with Crippen LogP contribution in [0.2, 0.25) is 0 Å². The Hall–Kier alpha value is -2.06. The van der Waals surface area contributed by atoms with Crippen LogP contribution in [0.5, 0.6) is 0 Å². The molecule has 0 saturated heterocycles. The lowest BCUT2D eigenvalue weighted by Gasteiger charge is -2.06. The van der Waals surface area contributed by atoms with Crippen LogP contribution in [-0.4, -0.2) is 4.98 Å². The van der Waals surface area contributed by atoms with Crippen molar-refractivity contribution < 1.29 is 0 Å². The first-order valence-corrected chi connectivity index (χ1v) is 7.38. The molecule has 0 saturated carbocycles. The van der Waals surface area contributed by atoms with Crippen LogP contribution in [0.3, 0.4) is 0 Å². The van der Waals surface area contributed by atoms with Gasteiger partial charge in [0.05, 0.1) is 5.52 Å². The number of benzene rings is 3. The monoisotopic (exact) mass is 321 g/mol. The summed E-state index contributed by atoms with van der Waals surface area (Å²) in [6.45, 7) is 0. The fourth-order valence-corrected chi connectivity index (χ4v) is 3.28. The van der Waals surface area contributed by atoms with Crippen molar-refractivity contribution >= 4 is 37.7 Å². The first kappa shape index (κ1) is 11.7. The number of rotatable bonds is 1. The van der Waals surface area contributed by atoms with Gasteiger partial charge in [-0.05, 0) is 17.7 Å². The third-order valence-electron chi connectivity index (χ3n) is 3.71. The number of hydrogen-bond acceptors (Lipinski definition) is 0. The molecule has 3 aromatic carbocycles. The molecule has 0 unspecified atom stereocenters. The molecule has 1 heterocycles. The van der Waals surface area contributed by atoms with Crippen LogP contribution in [0.1, 0.15) is 0 Å². The zero-order chi connectivity index (χ0) is 13.5. The lowest BCUT2D eigenvalue weighted by atomic mass is 10.0. The number of halogens is 1. The smallest absolute Gasteiger partial charge is 0.0544 e. The van der Waals surface area contributed by atoms with Gasteiger partial charge >= 0.3 is 0 Å². The fraction of sp³-hybridized carbons (Fsp3) is 0. The summed E-state index contributed by atoms with van der Waals surface area (Å²) in [7, 11) is 0. The van der Waals surface area contributed by atoms with Crippen molar-refractivity contribution in [2.45, 2.75) is 0 Å². The van der Waals surface area contributed by atoms with Crippen molar-refractivity contribution in [2.24, 2.45) is 0 Å². The van der Waals surface area contributed by atoms with Crippen molar-refractivity contribution in [3.8, 4) is 11.1 Å². The standard InChI is InChI=1S/C18H12BrN/c19-16-10-3-1-6-12(16)14-8-5-9-15-13-7-2-4-11-17(13)20-18(14)15/h1-11,20H. The van der Waals surface area contributed by atoms with E-state index in [0.29, 0.717) is 0 Å². The first-order valence-electron chi connectivity index (χ1n) is 6.59. The van der Waals surface area contributed by atoms with Crippen LogP contribution in [0.4, 0.5) is 0 Å². The van der Waals surface area contributed by atoms with Crippen LogP contribution < -0.4 is 0 Å². The lowest BCUT2D eigenvalue weighted by molar-refractivity contribution is 1.53. The van der Waals surface area contributed by atoms with Gasteiger partial charge in [-0.3, -0.25) is 0 Å². The number of para-hydroxylation sites is 2. The van der Waals surface area contributed by atoms with Crippen LogP contribution in [0.25, 0.3) is 32.9 Å². The van der Waals surface area contributed by atoms with Crippen LogP contribution in [0.15, 0.2) is 71.2 Å². The minimum absolute atomic E-state index is 1.12. The summed E-state index contributed by atoms with van der Waals surface area (Å²) in [5.74, 6) is 0. The van der Waals surface area contributed by atoms with E-state index in [1.807, 2.05) is 6.07 Å². The number of hydrogen-bond donors (Lipinski definition) is 1. The Bertz CT molecular complexity index is 921. The number of fused-ring (bicyclic) bond motifs is 3. The van der Waals surface area contributed by atoms with E-state index in [2.05, 4.69) is 81.6 Å². The van der Waals surface area contributed by atoms with Gasteiger partial charge in [0.2, 0.25) is 0 Å². The highest BCUT2D eigenvalue weighted by Gasteiger charge is 2.10. The summed E-state index contributed by atoms with van der Waals surface area (Å²) in [4.78, 5) is 3.55. The maximum absolute atomic E-state index is 3.65. The van der Waals surface area contributed by atoms with Crippen LogP contribution in [-0.2, 0) is 0 Å². The molecule has 1 N–H and O–H groups in total. The van der Waals surface area contributed by atoms with E-state index < -0.39 is 0 Å². The Morgan fingerprint density at radius 3 is 2.25 bits per heavy atom. The second-order valence-electron chi connectivity index (χ2n) is 4.88. The molecule has 0 fully saturated rings. The second-order valence-corrected chi connectivity index (χ2v) is 5.73. The van der Waals surface area contributed by atoms with E-state index in [1.165, 1.54) is 32.9 Å². The SMILES string of the molecule is Brc1ccccc1-c1cccc2c1[nH]c1ccccc12. The van der Waals surface area contributed by atoms with Gasteiger partial charge in [-0.15, -0.1) is 0 Å². The molecule has 4 aromatic rings. The van der Waals surface area contributed by atoms with E-state index >= 15 is 0 Å². The summed E-state index contributed by atoms with van der Waals surface area (Å²) >= 11 is 3.65. The van der Waals surface area contributed by atoms with E-state index in [0.717, 1.165) is 4.47 Å². The van der Waals surface area contributed by atoms with Crippen LogP contribution >= 0.6 is 15.9 Å². The highest BCUT2D eigenvalue weighted by Crippen LogP contribution is 2.35. The Kier molecular flexibility index (Phi) is 2.64. The number of aromatic amines is 1. The van der Waals surface area contributed by atoms with E-state index in [4.69, 9.17) is 0 Å². The van der Waals surface area contributed by atoms with E-state index in [-0.39, 0.29) is 0 Å². The van der Waals surface area contributed by atoms with Crippen molar-refractivity contribution in [1.82, 2.24) is 4.98 Å². The Morgan fingerprint density at radius 2 is 1.35 bits per heavy atom. The highest BCUT2D eigenvalue weighted by molar-refractivity contribution is 9.10. The topological polar surface area (TPSA) is 15.8 Å². The van der Waals surface area contributed by atoms with E-state index in [1.54, 1.807) is 0 Å². The molecule has 4 rings (SSSR count). The Balaban J connectivity index is 2.13. The quantitative estimate of drug-likeness (QED) is 0.459. The second kappa shape index (κ2) is 4.50. The summed E-state index contributed by atoms with van der Waals surface area (Å²) in [6.07, 6.45) is 0. The molecule has 0 bridgehead atoms. The summed E-state index contributed by atoms with van der Waals surface area (Å²) < 4.78 is 1.12. The largest absolute Gasteiger partial charge is 0.354 e. The zero-order valence-corrected chi connectivity index (χ0v) is 12.3. The molecule has 1 nitrogen and oxygen atoms in total. The van der Waals surface area contributed by atoms with Crippen LogP contribution in [0, 0.1) is 0 Å². The van der Waals surface area contributed by atoms with Gasteiger partial charge in [-0.1, -0.05) is 70.5 Å². The lowest BCUT2D eigenvalue weighted by Crippen LogP contribution is -1.81. The fourth-order valence-electron chi connectivity index (χ4n) is 2.78. The molecule has 1 aromatic heterocycles. The molecular weight excluding hydrogens is 310 g/mol. The van der Waals surface area contributed by atoms with Gasteiger partial charge in [0, 0.05) is 26.3 Å². The third-order valence-corrected chi connectivity index (χ3v) is 4.40. The normalized spacial score (nSPS) is 11.2. The van der Waals surface area contributed by atoms with Gasteiger partial charge < -0.3 is 4.98 Å². The van der Waals surface area contributed by atoms with Crippen molar-refractivity contribution in [3.05, 3.63) is 71.2 Å². The van der Waals surface area contributed by atoms with Gasteiger partial charge in [-0.25, -0.2) is 0 Å². The summed E-state index contributed by atoms with van der Waals surface area (Å²) in [6, 6.07) is 23.2. The predicted octanol–water partition coefficient (Wildman–Crippen LogP) is 5.75. The Labute approximate surface area is 125 Å². The van der Waals surface area contributed by atoms with Gasteiger partial charge in [0.15, 0.2) is 0 Å². The molecule has 2 heteroatoms. The molecular formula is C18H12BrN. The minimum atomic E-state index is 1.12. The molecule has 0 spiro atoms. The highest BCUT2D eigenvalue weighted by atomic mass is 79.9. The molecule has 0 amide bonds. The Morgan fingerprint density at radius 1 is 0.650 bits per heavy atom. The number of aromatic nitrogens is 1. The maximum atomic E-state index is 3.65. The first-order chi connectivity index (χ1) is 9.84. The number of nitrogens with one attached hydrogen (secondary N) is 1. The maximum Gasteiger partial charge on any atom is 0.0544 e. The predicted molar refractivity (Wildman–Crippen MR) is 88.9 cm³/mol. The molecule has 0 aliphatic rings. The summed E-state index contributed by atoms with van der Waals surface area (Å²) in [5, 5.41) is 2.55. The average molecular weight is 322 g/mol. The zero-order valence-electron chi connectivity index (χ0n) is 10.7. The summed E-state index contributed by atoms with van der Waals surface area (Å²) in [5.41, 5.74) is 4.82. The molecule has 0 aliphatic carbocycles. The third kappa shape index (κ3) is 1.69. The van der Waals surface area contributed by atoms with Crippen molar-refractivity contribution in [2.75, 3.05) is 0 Å². The molecule has 96 valence electrons. The van der Waals surface area contributed by atoms with Gasteiger partial charge in [0.1, 0.15) is 0 Å². The van der Waals surface area contributed by atoms with E-state index in [9.17, 15) is 0 Å². The molecule has 0 aliphatic heterocycles. The molecule has 0 atom stereocenters. The van der Waals surface area contributed by atoms with Gasteiger partial charge in [-0.2, -0.15) is 0 Å². The average Bonchev–Trinajstić information content (AvgIpc) is 2.86. The number of H-pyrrole nitrogens is 1. The molecule has 20 heavy (non-hydrogen) atoms.